The molecule has 1 aromatic heterocycles. The molecule has 0 amide bonds. The van der Waals surface area contributed by atoms with Gasteiger partial charge in [0.25, 0.3) is 0 Å². The Bertz CT molecular complexity index is 717. The summed E-state index contributed by atoms with van der Waals surface area (Å²) in [6, 6.07) is 14.8. The van der Waals surface area contributed by atoms with Gasteiger partial charge in [-0.05, 0) is 35.9 Å². The lowest BCUT2D eigenvalue weighted by atomic mass is 9.97. The smallest absolute Gasteiger partial charge is 0.0931 e. The van der Waals surface area contributed by atoms with E-state index in [1.165, 1.54) is 11.1 Å². The Morgan fingerprint density at radius 3 is 2.85 bits per heavy atom. The molecule has 1 unspecified atom stereocenters. The quantitative estimate of drug-likeness (QED) is 0.679. The summed E-state index contributed by atoms with van der Waals surface area (Å²) in [6.45, 7) is 0.559. The van der Waals surface area contributed by atoms with Crippen LogP contribution in [0.25, 0.3) is 11.0 Å². The first-order valence-electron chi connectivity index (χ1n) is 6.71. The maximum absolute atomic E-state index is 5.73. The SMILES string of the molecule is CNC(c1cccc(CN)c1)c1ccc2nc[nH]c2c1. The fraction of sp³-hybridized carbons (Fsp3) is 0.188. The maximum atomic E-state index is 5.73. The van der Waals surface area contributed by atoms with E-state index < -0.39 is 0 Å². The van der Waals surface area contributed by atoms with Crippen LogP contribution in [0.2, 0.25) is 0 Å². The predicted octanol–water partition coefficient (Wildman–Crippen LogP) is 2.33. The number of fused-ring (bicyclic) bond motifs is 1. The lowest BCUT2D eigenvalue weighted by Gasteiger charge is -2.18. The van der Waals surface area contributed by atoms with Crippen molar-refractivity contribution in [2.45, 2.75) is 12.6 Å². The van der Waals surface area contributed by atoms with Crippen molar-refractivity contribution in [1.29, 1.82) is 0 Å². The van der Waals surface area contributed by atoms with Gasteiger partial charge < -0.3 is 16.0 Å². The molecule has 102 valence electrons. The molecule has 4 heteroatoms. The molecule has 2 aromatic carbocycles. The number of aromatic amines is 1. The molecule has 1 atom stereocenters. The molecule has 0 saturated heterocycles. The van der Waals surface area contributed by atoms with E-state index >= 15 is 0 Å². The molecular weight excluding hydrogens is 248 g/mol. The molecule has 3 aromatic rings. The summed E-state index contributed by atoms with van der Waals surface area (Å²) in [5.74, 6) is 0. The van der Waals surface area contributed by atoms with Crippen molar-refractivity contribution in [3.63, 3.8) is 0 Å². The molecule has 0 spiro atoms. The van der Waals surface area contributed by atoms with Gasteiger partial charge in [0.1, 0.15) is 0 Å². The van der Waals surface area contributed by atoms with E-state index in [0.717, 1.165) is 16.6 Å². The highest BCUT2D eigenvalue weighted by Crippen LogP contribution is 2.24. The minimum absolute atomic E-state index is 0.147. The van der Waals surface area contributed by atoms with Crippen LogP contribution in [0.15, 0.2) is 48.8 Å². The minimum Gasteiger partial charge on any atom is -0.345 e. The molecule has 4 nitrogen and oxygen atoms in total. The normalized spacial score (nSPS) is 12.7. The second-order valence-electron chi connectivity index (χ2n) is 4.85. The van der Waals surface area contributed by atoms with Gasteiger partial charge in [-0.25, -0.2) is 4.98 Å². The third-order valence-corrected chi connectivity index (χ3v) is 3.59. The fourth-order valence-electron chi connectivity index (χ4n) is 2.56. The van der Waals surface area contributed by atoms with Crippen molar-refractivity contribution >= 4 is 11.0 Å². The van der Waals surface area contributed by atoms with E-state index in [2.05, 4.69) is 45.6 Å². The van der Waals surface area contributed by atoms with Gasteiger partial charge in [0.15, 0.2) is 0 Å². The van der Waals surface area contributed by atoms with E-state index in [1.807, 2.05) is 19.2 Å². The average molecular weight is 266 g/mol. The molecule has 1 heterocycles. The van der Waals surface area contributed by atoms with Gasteiger partial charge in [0.2, 0.25) is 0 Å². The summed E-state index contributed by atoms with van der Waals surface area (Å²) in [4.78, 5) is 7.41. The molecule has 0 bridgehead atoms. The van der Waals surface area contributed by atoms with Gasteiger partial charge >= 0.3 is 0 Å². The second-order valence-corrected chi connectivity index (χ2v) is 4.85. The van der Waals surface area contributed by atoms with E-state index in [-0.39, 0.29) is 6.04 Å². The van der Waals surface area contributed by atoms with Gasteiger partial charge in [0.05, 0.1) is 23.4 Å². The Balaban J connectivity index is 2.03. The summed E-state index contributed by atoms with van der Waals surface area (Å²) in [5, 5.41) is 3.37. The predicted molar refractivity (Wildman–Crippen MR) is 81.3 cm³/mol. The lowest BCUT2D eigenvalue weighted by Crippen LogP contribution is -2.18. The standard InChI is InChI=1S/C16H18N4/c1-18-16(12-4-2-3-11(7-12)9-17)13-5-6-14-15(8-13)20-10-19-14/h2-8,10,16,18H,9,17H2,1H3,(H,19,20). The highest BCUT2D eigenvalue weighted by atomic mass is 14.9. The summed E-state index contributed by atoms with van der Waals surface area (Å²) in [5.41, 5.74) is 11.3. The first kappa shape index (κ1) is 12.8. The summed E-state index contributed by atoms with van der Waals surface area (Å²) < 4.78 is 0. The van der Waals surface area contributed by atoms with Crippen LogP contribution < -0.4 is 11.1 Å². The third-order valence-electron chi connectivity index (χ3n) is 3.59. The Kier molecular flexibility index (Phi) is 3.50. The van der Waals surface area contributed by atoms with Crippen molar-refractivity contribution in [3.05, 3.63) is 65.5 Å². The number of nitrogens with one attached hydrogen (secondary N) is 2. The zero-order chi connectivity index (χ0) is 13.9. The number of imidazole rings is 1. The number of aromatic nitrogens is 2. The largest absolute Gasteiger partial charge is 0.345 e. The highest BCUT2D eigenvalue weighted by Gasteiger charge is 2.13. The number of hydrogen-bond donors (Lipinski definition) is 3. The number of rotatable bonds is 4. The van der Waals surface area contributed by atoms with Gasteiger partial charge in [-0.3, -0.25) is 0 Å². The highest BCUT2D eigenvalue weighted by molar-refractivity contribution is 5.75. The van der Waals surface area contributed by atoms with Crippen LogP contribution >= 0.6 is 0 Å². The van der Waals surface area contributed by atoms with Crippen LogP contribution in [0.1, 0.15) is 22.7 Å². The molecule has 0 fully saturated rings. The van der Waals surface area contributed by atoms with Crippen LogP contribution in [0.5, 0.6) is 0 Å². The van der Waals surface area contributed by atoms with Crippen LogP contribution in [-0.4, -0.2) is 17.0 Å². The van der Waals surface area contributed by atoms with Crippen LogP contribution in [-0.2, 0) is 6.54 Å². The number of H-pyrrole nitrogens is 1. The molecule has 0 aliphatic heterocycles. The number of hydrogen-bond acceptors (Lipinski definition) is 3. The van der Waals surface area contributed by atoms with E-state index in [4.69, 9.17) is 5.73 Å². The zero-order valence-corrected chi connectivity index (χ0v) is 11.4. The summed E-state index contributed by atoms with van der Waals surface area (Å²) in [6.07, 6.45) is 1.72. The molecule has 0 radical (unpaired) electrons. The molecule has 0 aliphatic rings. The maximum Gasteiger partial charge on any atom is 0.0931 e. The van der Waals surface area contributed by atoms with E-state index in [0.29, 0.717) is 6.54 Å². The monoisotopic (exact) mass is 266 g/mol. The molecule has 0 aliphatic carbocycles. The molecular formula is C16H18N4. The first-order valence-corrected chi connectivity index (χ1v) is 6.71. The Hall–Kier alpha value is -2.17. The summed E-state index contributed by atoms with van der Waals surface area (Å²) >= 11 is 0. The van der Waals surface area contributed by atoms with Crippen molar-refractivity contribution < 1.29 is 0 Å². The van der Waals surface area contributed by atoms with Gasteiger partial charge in [-0.1, -0.05) is 30.3 Å². The van der Waals surface area contributed by atoms with Crippen molar-refractivity contribution in [2.75, 3.05) is 7.05 Å². The Morgan fingerprint density at radius 2 is 2.05 bits per heavy atom. The van der Waals surface area contributed by atoms with Crippen molar-refractivity contribution in [1.82, 2.24) is 15.3 Å². The number of nitrogens with two attached hydrogens (primary N) is 1. The molecule has 20 heavy (non-hydrogen) atoms. The van der Waals surface area contributed by atoms with Gasteiger partial charge in [-0.2, -0.15) is 0 Å². The molecule has 4 N–H and O–H groups in total. The van der Waals surface area contributed by atoms with Gasteiger partial charge in [-0.15, -0.1) is 0 Å². The zero-order valence-electron chi connectivity index (χ0n) is 11.4. The second kappa shape index (κ2) is 5.45. The Morgan fingerprint density at radius 1 is 1.20 bits per heavy atom. The van der Waals surface area contributed by atoms with E-state index in [9.17, 15) is 0 Å². The van der Waals surface area contributed by atoms with Crippen LogP contribution in [0.3, 0.4) is 0 Å². The van der Waals surface area contributed by atoms with E-state index in [1.54, 1.807) is 6.33 Å². The van der Waals surface area contributed by atoms with Crippen molar-refractivity contribution in [2.24, 2.45) is 5.73 Å². The third kappa shape index (κ3) is 2.31. The molecule has 0 saturated carbocycles. The van der Waals surface area contributed by atoms with Crippen LogP contribution in [0, 0.1) is 0 Å². The average Bonchev–Trinajstić information content (AvgIpc) is 2.96. The topological polar surface area (TPSA) is 66.7 Å². The minimum atomic E-state index is 0.147. The first-order chi connectivity index (χ1) is 9.81. The molecule has 3 rings (SSSR count). The number of benzene rings is 2. The van der Waals surface area contributed by atoms with Crippen LogP contribution in [0.4, 0.5) is 0 Å². The lowest BCUT2D eigenvalue weighted by molar-refractivity contribution is 0.691. The van der Waals surface area contributed by atoms with Crippen molar-refractivity contribution in [3.8, 4) is 0 Å². The summed E-state index contributed by atoms with van der Waals surface area (Å²) in [7, 11) is 1.97. The number of nitrogens with zero attached hydrogens (tertiary/aromatic N) is 1. The Labute approximate surface area is 118 Å². The van der Waals surface area contributed by atoms with Gasteiger partial charge in [0, 0.05) is 6.54 Å². The fourth-order valence-corrected chi connectivity index (χ4v) is 2.56.